The van der Waals surface area contributed by atoms with E-state index in [-0.39, 0.29) is 36.3 Å². The van der Waals surface area contributed by atoms with Gasteiger partial charge in [-0.1, -0.05) is 24.3 Å². The molecule has 0 fully saturated rings. The van der Waals surface area contributed by atoms with E-state index in [4.69, 9.17) is 0 Å². The van der Waals surface area contributed by atoms with Crippen LogP contribution in [0.25, 0.3) is 0 Å². The fourth-order valence-corrected chi connectivity index (χ4v) is 2.99. The molecule has 172 valence electrons. The van der Waals surface area contributed by atoms with Gasteiger partial charge in [-0.2, -0.15) is 18.3 Å². The summed E-state index contributed by atoms with van der Waals surface area (Å²) in [5.74, 6) is 0.361. The number of nitrogens with zero attached hydrogens (tertiary/aromatic N) is 4. The van der Waals surface area contributed by atoms with Gasteiger partial charge in [0.25, 0.3) is 0 Å². The largest absolute Gasteiger partial charge is 0.419 e. The van der Waals surface area contributed by atoms with Gasteiger partial charge >= 0.3 is 6.18 Å². The number of alkyl halides is 3. The summed E-state index contributed by atoms with van der Waals surface area (Å²) in [7, 11) is 1.64. The second-order valence-electron chi connectivity index (χ2n) is 6.65. The molecule has 0 spiro atoms. The fourth-order valence-electron chi connectivity index (χ4n) is 2.99. The van der Waals surface area contributed by atoms with Crippen LogP contribution in [0.3, 0.4) is 0 Å². The third-order valence-corrected chi connectivity index (χ3v) is 4.50. The Morgan fingerprint density at radius 3 is 2.47 bits per heavy atom. The van der Waals surface area contributed by atoms with Gasteiger partial charge in [0, 0.05) is 45.3 Å². The van der Waals surface area contributed by atoms with E-state index in [9.17, 15) is 13.2 Å². The highest BCUT2D eigenvalue weighted by molar-refractivity contribution is 14.0. The molecule has 0 aliphatic heterocycles. The first-order valence-electron chi connectivity index (χ1n) is 9.72. The Labute approximate surface area is 201 Å². The first-order valence-corrected chi connectivity index (χ1v) is 9.72. The Hall–Kier alpha value is -2.83. The van der Waals surface area contributed by atoms with E-state index in [1.807, 2.05) is 41.2 Å². The van der Waals surface area contributed by atoms with Crippen molar-refractivity contribution in [1.29, 1.82) is 0 Å². The highest BCUT2D eigenvalue weighted by atomic mass is 127. The van der Waals surface area contributed by atoms with Crippen LogP contribution in [0, 0.1) is 0 Å². The summed E-state index contributed by atoms with van der Waals surface area (Å²) in [6, 6.07) is 12.2. The zero-order valence-corrected chi connectivity index (χ0v) is 19.8. The summed E-state index contributed by atoms with van der Waals surface area (Å²) < 4.78 is 40.9. The second-order valence-corrected chi connectivity index (χ2v) is 6.65. The van der Waals surface area contributed by atoms with Crippen molar-refractivity contribution in [2.24, 2.45) is 4.99 Å². The van der Waals surface area contributed by atoms with Gasteiger partial charge in [-0.15, -0.1) is 24.0 Å². The number of anilines is 1. The minimum absolute atomic E-state index is 0. The van der Waals surface area contributed by atoms with Gasteiger partial charge in [0.2, 0.25) is 0 Å². The van der Waals surface area contributed by atoms with Gasteiger partial charge in [0.1, 0.15) is 5.82 Å². The van der Waals surface area contributed by atoms with Crippen molar-refractivity contribution in [1.82, 2.24) is 25.4 Å². The monoisotopic (exact) mass is 559 g/mol. The molecule has 0 unspecified atom stereocenters. The number of halogens is 4. The molecule has 0 bridgehead atoms. The molecule has 3 N–H and O–H groups in total. The summed E-state index contributed by atoms with van der Waals surface area (Å²) in [5.41, 5.74) is 1.44. The molecule has 3 rings (SSSR count). The summed E-state index contributed by atoms with van der Waals surface area (Å²) in [4.78, 5) is 7.95. The summed E-state index contributed by atoms with van der Waals surface area (Å²) in [6.07, 6.45) is 0.518. The van der Waals surface area contributed by atoms with Crippen molar-refractivity contribution >= 4 is 35.8 Å². The van der Waals surface area contributed by atoms with Crippen molar-refractivity contribution in [3.63, 3.8) is 0 Å². The summed E-state index contributed by atoms with van der Waals surface area (Å²) >= 11 is 0. The predicted molar refractivity (Wildman–Crippen MR) is 129 cm³/mol. The van der Waals surface area contributed by atoms with Crippen LogP contribution in [0.15, 0.2) is 66.0 Å². The highest BCUT2D eigenvalue weighted by Crippen LogP contribution is 2.33. The minimum Gasteiger partial charge on any atom is -0.368 e. The first-order chi connectivity index (χ1) is 15.0. The Balaban J connectivity index is 0.00000363. The van der Waals surface area contributed by atoms with E-state index in [1.165, 1.54) is 12.3 Å². The number of aliphatic imine (C=N–C) groups is 1. The first kappa shape index (κ1) is 25.4. The minimum atomic E-state index is -4.45. The summed E-state index contributed by atoms with van der Waals surface area (Å²) in [5, 5.41) is 13.3. The highest BCUT2D eigenvalue weighted by Gasteiger charge is 2.33. The van der Waals surface area contributed by atoms with Crippen LogP contribution in [-0.4, -0.2) is 40.9 Å². The van der Waals surface area contributed by atoms with Crippen molar-refractivity contribution in [3.8, 4) is 0 Å². The molecule has 0 radical (unpaired) electrons. The van der Waals surface area contributed by atoms with Crippen molar-refractivity contribution in [2.45, 2.75) is 19.3 Å². The van der Waals surface area contributed by atoms with Gasteiger partial charge in [0.15, 0.2) is 5.96 Å². The number of hydrogen-bond donors (Lipinski definition) is 3. The van der Waals surface area contributed by atoms with Crippen LogP contribution >= 0.6 is 24.0 Å². The van der Waals surface area contributed by atoms with Crippen LogP contribution < -0.4 is 16.0 Å². The Morgan fingerprint density at radius 1 is 1.00 bits per heavy atom. The predicted octanol–water partition coefficient (Wildman–Crippen LogP) is 3.74. The number of guanidine groups is 1. The van der Waals surface area contributed by atoms with E-state index in [2.05, 4.69) is 31.0 Å². The van der Waals surface area contributed by atoms with Crippen LogP contribution in [0.5, 0.6) is 0 Å². The van der Waals surface area contributed by atoms with E-state index < -0.39 is 11.7 Å². The molecule has 3 aromatic rings. The van der Waals surface area contributed by atoms with Crippen molar-refractivity contribution in [3.05, 3.63) is 77.7 Å². The molecule has 0 saturated carbocycles. The quantitative estimate of drug-likeness (QED) is 0.170. The molecule has 0 amide bonds. The fraction of sp³-hybridized carbons (Fsp3) is 0.286. The molecule has 32 heavy (non-hydrogen) atoms. The molecule has 0 aliphatic rings. The molecule has 2 heterocycles. The SMILES string of the molecule is CN=C(NCCNc1ncccc1C(F)(F)F)NCc1ccccc1Cn1cccn1.I. The Bertz CT molecular complexity index is 991. The summed E-state index contributed by atoms with van der Waals surface area (Å²) in [6.45, 7) is 1.81. The topological polar surface area (TPSA) is 79.2 Å². The molecular weight excluding hydrogens is 534 g/mol. The van der Waals surface area contributed by atoms with Crippen LogP contribution in [0.4, 0.5) is 19.0 Å². The smallest absolute Gasteiger partial charge is 0.368 e. The van der Waals surface area contributed by atoms with Crippen molar-refractivity contribution in [2.75, 3.05) is 25.5 Å². The zero-order valence-electron chi connectivity index (χ0n) is 17.4. The molecular formula is C21H25F3IN7. The van der Waals surface area contributed by atoms with Crippen LogP contribution in [0.1, 0.15) is 16.7 Å². The number of rotatable bonds is 8. The van der Waals surface area contributed by atoms with E-state index in [0.717, 1.165) is 17.2 Å². The van der Waals surface area contributed by atoms with Crippen LogP contribution in [0.2, 0.25) is 0 Å². The standard InChI is InChI=1S/C21H24F3N7.HI/c1-25-20(28-12-11-27-19-18(21(22,23)24)8-4-9-26-19)29-14-16-6-2-3-7-17(16)15-31-13-5-10-30-31;/h2-10,13H,11-12,14-15H2,1H3,(H,26,27)(H2,25,28,29);1H. The Morgan fingerprint density at radius 2 is 1.78 bits per heavy atom. The molecule has 0 saturated heterocycles. The van der Waals surface area contributed by atoms with E-state index >= 15 is 0 Å². The maximum Gasteiger partial charge on any atom is 0.419 e. The lowest BCUT2D eigenvalue weighted by molar-refractivity contribution is -0.137. The average molecular weight is 559 g/mol. The maximum atomic E-state index is 13.0. The van der Waals surface area contributed by atoms with Gasteiger partial charge in [-0.05, 0) is 29.3 Å². The van der Waals surface area contributed by atoms with Gasteiger partial charge < -0.3 is 16.0 Å². The van der Waals surface area contributed by atoms with Gasteiger partial charge in [0.05, 0.1) is 12.1 Å². The molecule has 0 aliphatic carbocycles. The second kappa shape index (κ2) is 12.3. The lowest BCUT2D eigenvalue weighted by Gasteiger charge is -2.16. The number of benzene rings is 1. The Kier molecular flexibility index (Phi) is 9.75. The third kappa shape index (κ3) is 7.39. The maximum absolute atomic E-state index is 13.0. The van der Waals surface area contributed by atoms with E-state index in [1.54, 1.807) is 13.2 Å². The molecule has 1 aromatic carbocycles. The van der Waals surface area contributed by atoms with Gasteiger partial charge in [-0.3, -0.25) is 9.67 Å². The van der Waals surface area contributed by atoms with Crippen molar-refractivity contribution < 1.29 is 13.2 Å². The molecule has 0 atom stereocenters. The zero-order chi connectivity index (χ0) is 22.1. The molecule has 7 nitrogen and oxygen atoms in total. The lowest BCUT2D eigenvalue weighted by atomic mass is 10.1. The molecule has 11 heteroatoms. The average Bonchev–Trinajstić information content (AvgIpc) is 3.27. The number of aromatic nitrogens is 3. The normalized spacial score (nSPS) is 11.6. The van der Waals surface area contributed by atoms with E-state index in [0.29, 0.717) is 25.6 Å². The number of nitrogens with one attached hydrogen (secondary N) is 3. The third-order valence-electron chi connectivity index (χ3n) is 4.50. The molecule has 2 aromatic heterocycles. The number of hydrogen-bond acceptors (Lipinski definition) is 4. The lowest BCUT2D eigenvalue weighted by Crippen LogP contribution is -2.39. The van der Waals surface area contributed by atoms with Gasteiger partial charge in [-0.25, -0.2) is 4.98 Å². The number of pyridine rings is 1. The van der Waals surface area contributed by atoms with Crippen LogP contribution in [-0.2, 0) is 19.3 Å².